The van der Waals surface area contributed by atoms with E-state index in [2.05, 4.69) is 61.4 Å². The zero-order chi connectivity index (χ0) is 23.5. The summed E-state index contributed by atoms with van der Waals surface area (Å²) in [5.74, 6) is -0.244. The minimum Gasteiger partial charge on any atom is -0.369 e. The third kappa shape index (κ3) is 4.59. The molecule has 172 valence electrons. The second-order valence-electron chi connectivity index (χ2n) is 9.41. The normalized spacial score (nSPS) is 18.3. The average Bonchev–Trinajstić information content (AvgIpc) is 3.25. The Morgan fingerprint density at radius 1 is 0.971 bits per heavy atom. The molecule has 2 atom stereocenters. The summed E-state index contributed by atoms with van der Waals surface area (Å²) in [6.07, 6.45) is 5.90. The highest BCUT2D eigenvalue weighted by atomic mass is 19.1. The minimum absolute atomic E-state index is 0.0246. The van der Waals surface area contributed by atoms with Crippen molar-refractivity contribution in [1.82, 2.24) is 9.78 Å². The Morgan fingerprint density at radius 2 is 1.65 bits per heavy atom. The molecule has 1 aromatic heterocycles. The van der Waals surface area contributed by atoms with Gasteiger partial charge in [-0.1, -0.05) is 73.2 Å². The van der Waals surface area contributed by atoms with Gasteiger partial charge in [0.15, 0.2) is 0 Å². The van der Waals surface area contributed by atoms with E-state index in [9.17, 15) is 4.39 Å². The van der Waals surface area contributed by atoms with Gasteiger partial charge >= 0.3 is 0 Å². The zero-order valence-electron chi connectivity index (χ0n) is 19.6. The highest BCUT2D eigenvalue weighted by molar-refractivity contribution is 5.60. The number of ether oxygens (including phenoxy) is 1. The van der Waals surface area contributed by atoms with Crippen molar-refractivity contribution >= 4 is 6.08 Å². The molecule has 4 aromatic rings. The van der Waals surface area contributed by atoms with Gasteiger partial charge in [0, 0.05) is 0 Å². The first kappa shape index (κ1) is 22.3. The number of hydrogen-bond acceptors (Lipinski definition) is 2. The molecule has 0 N–H and O–H groups in total. The Kier molecular flexibility index (Phi) is 6.16. The van der Waals surface area contributed by atoms with E-state index in [1.54, 1.807) is 12.1 Å². The Morgan fingerprint density at radius 3 is 2.35 bits per heavy atom. The van der Waals surface area contributed by atoms with E-state index in [0.717, 1.165) is 24.2 Å². The lowest BCUT2D eigenvalue weighted by molar-refractivity contribution is 0.0128. The first-order chi connectivity index (χ1) is 16.5. The van der Waals surface area contributed by atoms with Gasteiger partial charge in [-0.05, 0) is 72.2 Å². The highest BCUT2D eigenvalue weighted by Gasteiger charge is 2.36. The Balaban J connectivity index is 1.41. The van der Waals surface area contributed by atoms with Crippen molar-refractivity contribution in [1.29, 1.82) is 0 Å². The van der Waals surface area contributed by atoms with E-state index in [1.165, 1.54) is 34.4 Å². The molecule has 3 aromatic carbocycles. The molecule has 1 aliphatic carbocycles. The summed E-state index contributed by atoms with van der Waals surface area (Å²) >= 11 is 0. The number of benzene rings is 3. The first-order valence-corrected chi connectivity index (χ1v) is 11.7. The van der Waals surface area contributed by atoms with Crippen LogP contribution in [0.2, 0.25) is 0 Å². The molecule has 0 amide bonds. The summed E-state index contributed by atoms with van der Waals surface area (Å²) in [4.78, 5) is 0. The molecular formula is C30H29FN2O. The number of fused-ring (bicyclic) bond motifs is 1. The molecule has 5 rings (SSSR count). The lowest BCUT2D eigenvalue weighted by Crippen LogP contribution is -2.28. The molecule has 0 spiro atoms. The molecule has 1 aliphatic rings. The Bertz CT molecular complexity index is 1280. The average molecular weight is 453 g/mol. The Labute approximate surface area is 200 Å². The SMILES string of the molecule is CC1=Cc2c(cnn2-c2ccc(F)cc2)C[C@]1(C)CC(OCc1ccccc1)c1ccccc1. The molecule has 0 aliphatic heterocycles. The molecule has 0 fully saturated rings. The molecule has 0 saturated carbocycles. The smallest absolute Gasteiger partial charge is 0.123 e. The topological polar surface area (TPSA) is 27.1 Å². The van der Waals surface area contributed by atoms with Crippen molar-refractivity contribution in [3.8, 4) is 5.69 Å². The summed E-state index contributed by atoms with van der Waals surface area (Å²) in [5, 5.41) is 4.63. The molecule has 4 heteroatoms. The molecule has 1 unspecified atom stereocenters. The summed E-state index contributed by atoms with van der Waals surface area (Å²) in [6, 6.07) is 27.3. The van der Waals surface area contributed by atoms with Crippen molar-refractivity contribution in [2.75, 3.05) is 0 Å². The van der Waals surface area contributed by atoms with Gasteiger partial charge in [0.25, 0.3) is 0 Å². The van der Waals surface area contributed by atoms with Gasteiger partial charge in [0.1, 0.15) is 5.82 Å². The fourth-order valence-corrected chi connectivity index (χ4v) is 4.76. The highest BCUT2D eigenvalue weighted by Crippen LogP contribution is 2.45. The maximum Gasteiger partial charge on any atom is 0.123 e. The fourth-order valence-electron chi connectivity index (χ4n) is 4.76. The number of rotatable bonds is 7. The summed E-state index contributed by atoms with van der Waals surface area (Å²) < 4.78 is 21.8. The number of aromatic nitrogens is 2. The number of allylic oxidation sites excluding steroid dienone is 1. The zero-order valence-corrected chi connectivity index (χ0v) is 19.6. The van der Waals surface area contributed by atoms with Crippen LogP contribution in [0.4, 0.5) is 4.39 Å². The monoisotopic (exact) mass is 452 g/mol. The van der Waals surface area contributed by atoms with Crippen LogP contribution in [-0.4, -0.2) is 9.78 Å². The van der Waals surface area contributed by atoms with E-state index >= 15 is 0 Å². The molecule has 34 heavy (non-hydrogen) atoms. The van der Waals surface area contributed by atoms with Crippen LogP contribution in [0.5, 0.6) is 0 Å². The predicted octanol–water partition coefficient (Wildman–Crippen LogP) is 7.33. The van der Waals surface area contributed by atoms with Gasteiger partial charge in [-0.2, -0.15) is 5.10 Å². The number of nitrogens with zero attached hydrogens (tertiary/aromatic N) is 2. The third-order valence-electron chi connectivity index (χ3n) is 6.94. The van der Waals surface area contributed by atoms with Crippen LogP contribution in [0, 0.1) is 11.2 Å². The fraction of sp³-hybridized carbons (Fsp3) is 0.233. The van der Waals surface area contributed by atoms with E-state index in [4.69, 9.17) is 4.74 Å². The quantitative estimate of drug-likeness (QED) is 0.294. The second kappa shape index (κ2) is 9.40. The largest absolute Gasteiger partial charge is 0.369 e. The van der Waals surface area contributed by atoms with Crippen LogP contribution in [-0.2, 0) is 17.8 Å². The maximum absolute atomic E-state index is 13.4. The van der Waals surface area contributed by atoms with Crippen LogP contribution < -0.4 is 0 Å². The van der Waals surface area contributed by atoms with Gasteiger partial charge in [0.05, 0.1) is 30.3 Å². The Hall–Kier alpha value is -3.50. The number of halogens is 1. The predicted molar refractivity (Wildman–Crippen MR) is 134 cm³/mol. The van der Waals surface area contributed by atoms with Crippen LogP contribution >= 0.6 is 0 Å². The van der Waals surface area contributed by atoms with Crippen LogP contribution in [0.15, 0.2) is 96.7 Å². The lowest BCUT2D eigenvalue weighted by atomic mass is 9.70. The van der Waals surface area contributed by atoms with Crippen LogP contribution in [0.3, 0.4) is 0 Å². The van der Waals surface area contributed by atoms with E-state index in [0.29, 0.717) is 6.61 Å². The van der Waals surface area contributed by atoms with E-state index < -0.39 is 0 Å². The van der Waals surface area contributed by atoms with Crippen molar-refractivity contribution in [2.45, 2.75) is 39.4 Å². The minimum atomic E-state index is -0.244. The standard InChI is InChI=1S/C30H29FN2O/c1-22-17-28-25(20-32-33(28)27-15-13-26(31)14-16-27)18-30(22,2)19-29(24-11-7-4-8-12-24)34-21-23-9-5-3-6-10-23/h3-17,20,29H,18-19,21H2,1-2H3/t29?,30-/m1/s1. The summed E-state index contributed by atoms with van der Waals surface area (Å²) in [6.45, 7) is 5.09. The van der Waals surface area contributed by atoms with Crippen molar-refractivity contribution in [3.63, 3.8) is 0 Å². The molecule has 3 nitrogen and oxygen atoms in total. The van der Waals surface area contributed by atoms with Crippen LogP contribution in [0.1, 0.15) is 48.8 Å². The van der Waals surface area contributed by atoms with Gasteiger partial charge < -0.3 is 4.74 Å². The van der Waals surface area contributed by atoms with Gasteiger partial charge in [-0.3, -0.25) is 0 Å². The van der Waals surface area contributed by atoms with Crippen molar-refractivity contribution < 1.29 is 9.13 Å². The molecular weight excluding hydrogens is 423 g/mol. The summed E-state index contributed by atoms with van der Waals surface area (Å²) in [7, 11) is 0. The molecule has 0 radical (unpaired) electrons. The van der Waals surface area contributed by atoms with E-state index in [-0.39, 0.29) is 17.3 Å². The maximum atomic E-state index is 13.4. The van der Waals surface area contributed by atoms with Crippen molar-refractivity contribution in [2.24, 2.45) is 5.41 Å². The first-order valence-electron chi connectivity index (χ1n) is 11.7. The van der Waals surface area contributed by atoms with Gasteiger partial charge in [0.2, 0.25) is 0 Å². The van der Waals surface area contributed by atoms with Crippen molar-refractivity contribution in [3.05, 3.63) is 125 Å². The third-order valence-corrected chi connectivity index (χ3v) is 6.94. The molecule has 0 bridgehead atoms. The number of hydrogen-bond donors (Lipinski definition) is 0. The van der Waals surface area contributed by atoms with Gasteiger partial charge in [-0.15, -0.1) is 0 Å². The van der Waals surface area contributed by atoms with Crippen LogP contribution in [0.25, 0.3) is 11.8 Å². The second-order valence-corrected chi connectivity index (χ2v) is 9.41. The summed E-state index contributed by atoms with van der Waals surface area (Å²) in [5.41, 5.74) is 6.74. The lowest BCUT2D eigenvalue weighted by Gasteiger charge is -2.37. The van der Waals surface area contributed by atoms with Gasteiger partial charge in [-0.25, -0.2) is 9.07 Å². The molecule has 1 heterocycles. The molecule has 0 saturated heterocycles. The van der Waals surface area contributed by atoms with E-state index in [1.807, 2.05) is 35.1 Å².